The monoisotopic (exact) mass is 393 g/mol. The maximum absolute atomic E-state index is 11.9. The van der Waals surface area contributed by atoms with Crippen molar-refractivity contribution >= 4 is 41.4 Å². The second-order valence-corrected chi connectivity index (χ2v) is 7.76. The van der Waals surface area contributed by atoms with E-state index in [4.69, 9.17) is 0 Å². The van der Waals surface area contributed by atoms with Gasteiger partial charge in [-0.2, -0.15) is 0 Å². The number of nitrogens with one attached hydrogen (secondary N) is 1. The van der Waals surface area contributed by atoms with Crippen molar-refractivity contribution in [3.8, 4) is 0 Å². The van der Waals surface area contributed by atoms with Crippen molar-refractivity contribution in [2.45, 2.75) is 123 Å². The fourth-order valence-corrected chi connectivity index (χ4v) is 3.23. The van der Waals surface area contributed by atoms with Crippen LogP contribution in [0.1, 0.15) is 117 Å². The Labute approximate surface area is 189 Å². The van der Waals surface area contributed by atoms with Crippen molar-refractivity contribution < 1.29 is 14.7 Å². The first-order valence-electron chi connectivity index (χ1n) is 11.0. The number of carboxylic acids is 1. The molecule has 0 aliphatic heterocycles. The van der Waals surface area contributed by atoms with Gasteiger partial charge in [-0.25, -0.2) is 4.79 Å². The zero-order chi connectivity index (χ0) is 19.6. The van der Waals surface area contributed by atoms with Crippen molar-refractivity contribution in [3.05, 3.63) is 0 Å². The van der Waals surface area contributed by atoms with Crippen molar-refractivity contribution in [1.82, 2.24) is 5.32 Å². The molecule has 0 aliphatic rings. The number of carbonyl (C=O) groups excluding carboxylic acids is 1. The molecular weight excluding hydrogens is 349 g/mol. The molecule has 0 saturated carbocycles. The van der Waals surface area contributed by atoms with E-state index in [1.54, 1.807) is 0 Å². The molecule has 0 unspecified atom stereocenters. The fourth-order valence-electron chi connectivity index (χ4n) is 3.23. The van der Waals surface area contributed by atoms with Crippen LogP contribution in [0.2, 0.25) is 0 Å². The molecule has 0 heterocycles. The summed E-state index contributed by atoms with van der Waals surface area (Å²) in [5.74, 6) is -1.10. The average molecular weight is 394 g/mol. The summed E-state index contributed by atoms with van der Waals surface area (Å²) in [4.78, 5) is 23.1. The molecule has 0 aromatic heterocycles. The topological polar surface area (TPSA) is 66.4 Å². The van der Waals surface area contributed by atoms with Gasteiger partial charge in [0.15, 0.2) is 0 Å². The molecular formula is C22H44NNaO3. The van der Waals surface area contributed by atoms with E-state index >= 15 is 0 Å². The van der Waals surface area contributed by atoms with Gasteiger partial charge in [-0.3, -0.25) is 4.79 Å². The maximum atomic E-state index is 11.9. The van der Waals surface area contributed by atoms with Crippen LogP contribution in [0.3, 0.4) is 0 Å². The third kappa shape index (κ3) is 17.8. The van der Waals surface area contributed by atoms with Gasteiger partial charge in [-0.05, 0) is 12.3 Å². The van der Waals surface area contributed by atoms with Crippen LogP contribution in [0.15, 0.2) is 0 Å². The van der Waals surface area contributed by atoms with Crippen LogP contribution < -0.4 is 5.32 Å². The van der Waals surface area contributed by atoms with Gasteiger partial charge in [0, 0.05) is 6.42 Å². The predicted octanol–water partition coefficient (Wildman–Crippen LogP) is 5.43. The van der Waals surface area contributed by atoms with Crippen molar-refractivity contribution in [3.63, 3.8) is 0 Å². The van der Waals surface area contributed by atoms with Crippen LogP contribution in [0.25, 0.3) is 0 Å². The summed E-state index contributed by atoms with van der Waals surface area (Å²) in [6, 6.07) is -0.755. The molecule has 2 atom stereocenters. The molecule has 156 valence electrons. The molecule has 0 rings (SSSR count). The Morgan fingerprint density at radius 2 is 1.19 bits per heavy atom. The van der Waals surface area contributed by atoms with Crippen LogP contribution in [-0.2, 0) is 9.59 Å². The Balaban J connectivity index is 0. The third-order valence-electron chi connectivity index (χ3n) is 5.30. The first-order valence-corrected chi connectivity index (χ1v) is 11.0. The van der Waals surface area contributed by atoms with Crippen LogP contribution >= 0.6 is 0 Å². The Bertz CT molecular complexity index is 363. The van der Waals surface area contributed by atoms with E-state index < -0.39 is 12.0 Å². The second kappa shape index (κ2) is 20.7. The first kappa shape index (κ1) is 29.1. The summed E-state index contributed by atoms with van der Waals surface area (Å²) < 4.78 is 0. The molecule has 0 spiro atoms. The molecule has 0 aromatic rings. The number of hydrogen-bond donors (Lipinski definition) is 2. The van der Waals surface area contributed by atoms with E-state index in [1.807, 2.05) is 13.8 Å². The van der Waals surface area contributed by atoms with Gasteiger partial charge in [0.05, 0.1) is 0 Å². The number of carbonyl (C=O) groups is 2. The van der Waals surface area contributed by atoms with Gasteiger partial charge in [-0.1, -0.05) is 104 Å². The summed E-state index contributed by atoms with van der Waals surface area (Å²) in [6.45, 7) is 6.07. The number of rotatable bonds is 18. The van der Waals surface area contributed by atoms with Crippen LogP contribution in [0, 0.1) is 5.92 Å². The van der Waals surface area contributed by atoms with Crippen LogP contribution in [0.5, 0.6) is 0 Å². The average Bonchev–Trinajstić information content (AvgIpc) is 2.62. The van der Waals surface area contributed by atoms with Crippen molar-refractivity contribution in [1.29, 1.82) is 0 Å². The molecule has 27 heavy (non-hydrogen) atoms. The van der Waals surface area contributed by atoms with Crippen LogP contribution in [-0.4, -0.2) is 52.6 Å². The van der Waals surface area contributed by atoms with E-state index in [2.05, 4.69) is 12.2 Å². The minimum atomic E-state index is -0.932. The summed E-state index contributed by atoms with van der Waals surface area (Å²) >= 11 is 0. The van der Waals surface area contributed by atoms with E-state index in [9.17, 15) is 14.7 Å². The molecule has 0 aliphatic carbocycles. The zero-order valence-electron chi connectivity index (χ0n) is 17.5. The Morgan fingerprint density at radius 1 is 0.778 bits per heavy atom. The quantitative estimate of drug-likeness (QED) is 0.241. The molecule has 1 amide bonds. The van der Waals surface area contributed by atoms with E-state index in [-0.39, 0.29) is 41.4 Å². The third-order valence-corrected chi connectivity index (χ3v) is 5.30. The second-order valence-electron chi connectivity index (χ2n) is 7.76. The van der Waals surface area contributed by atoms with Gasteiger partial charge in [0.2, 0.25) is 5.91 Å². The number of aliphatic carboxylic acids is 1. The molecule has 0 fully saturated rings. The normalized spacial score (nSPS) is 12.9. The summed E-state index contributed by atoms with van der Waals surface area (Å²) in [5.41, 5.74) is 0. The zero-order valence-corrected chi connectivity index (χ0v) is 17.5. The fraction of sp³-hybridized carbons (Fsp3) is 0.909. The molecule has 4 nitrogen and oxygen atoms in total. The summed E-state index contributed by atoms with van der Waals surface area (Å²) in [7, 11) is 0. The van der Waals surface area contributed by atoms with E-state index in [0.717, 1.165) is 19.3 Å². The Morgan fingerprint density at radius 3 is 1.56 bits per heavy atom. The molecule has 5 heteroatoms. The van der Waals surface area contributed by atoms with E-state index in [1.165, 1.54) is 70.6 Å². The molecule has 0 bridgehead atoms. The number of unbranched alkanes of at least 4 members (excludes halogenated alkanes) is 12. The van der Waals surface area contributed by atoms with Crippen molar-refractivity contribution in [2.75, 3.05) is 0 Å². The Hall–Kier alpha value is -0.0600. The molecule has 0 saturated heterocycles. The van der Waals surface area contributed by atoms with Crippen LogP contribution in [0.4, 0.5) is 0 Å². The van der Waals surface area contributed by atoms with Gasteiger partial charge in [-0.15, -0.1) is 0 Å². The van der Waals surface area contributed by atoms with E-state index in [0.29, 0.717) is 6.42 Å². The summed E-state index contributed by atoms with van der Waals surface area (Å²) in [5, 5.41) is 11.9. The van der Waals surface area contributed by atoms with Gasteiger partial charge in [0.1, 0.15) is 6.04 Å². The molecule has 2 N–H and O–H groups in total. The standard InChI is InChI=1S/C22H43NO3.Na.H/c1-4-6-7-8-9-10-11-12-13-14-15-16-17-18-20(24)23-21(22(25)26)19(3)5-2;;/h19,21H,4-18H2,1-3H3,(H,23,24)(H,25,26);;/t19-,21-;;/m0../s1. The molecule has 0 radical (unpaired) electrons. The number of carboxylic acid groups (broad SMARTS) is 1. The van der Waals surface area contributed by atoms with Gasteiger partial charge >= 0.3 is 35.5 Å². The predicted molar refractivity (Wildman–Crippen MR) is 116 cm³/mol. The SMILES string of the molecule is CCCCCCCCCCCCCCCC(=O)N[C@H](C(=O)O)[C@@H](C)CC.[NaH]. The van der Waals surface area contributed by atoms with Gasteiger partial charge in [0.25, 0.3) is 0 Å². The first-order chi connectivity index (χ1) is 12.5. The minimum absolute atomic E-state index is 0. The van der Waals surface area contributed by atoms with Gasteiger partial charge < -0.3 is 10.4 Å². The van der Waals surface area contributed by atoms with Crippen molar-refractivity contribution in [2.24, 2.45) is 5.92 Å². The number of amides is 1. The number of hydrogen-bond acceptors (Lipinski definition) is 2. The Kier molecular flexibility index (Phi) is 22.3. The molecule has 0 aromatic carbocycles. The summed E-state index contributed by atoms with van der Waals surface area (Å²) in [6.07, 6.45) is 17.8.